The van der Waals surface area contributed by atoms with E-state index in [2.05, 4.69) is 29.6 Å². The number of carbonyl (C=O) groups excluding carboxylic acids is 2. The lowest BCUT2D eigenvalue weighted by atomic mass is 9.98. The number of carbonyl (C=O) groups is 2. The van der Waals surface area contributed by atoms with Crippen LogP contribution in [0.2, 0.25) is 0 Å². The first-order chi connectivity index (χ1) is 18.1. The molecule has 2 aliphatic rings. The van der Waals surface area contributed by atoms with E-state index in [0.717, 1.165) is 27.6 Å². The summed E-state index contributed by atoms with van der Waals surface area (Å²) >= 11 is 0. The average molecular weight is 493 g/mol. The third-order valence-electron chi connectivity index (χ3n) is 7.45. The number of ketones is 1. The van der Waals surface area contributed by atoms with E-state index >= 15 is 0 Å². The molecule has 1 N–H and O–H groups in total. The second-order valence-corrected chi connectivity index (χ2v) is 9.51. The van der Waals surface area contributed by atoms with E-state index in [0.29, 0.717) is 25.2 Å². The minimum atomic E-state index is -0.625. The number of hydrogen-bond donors (Lipinski definition) is 1. The van der Waals surface area contributed by atoms with E-state index in [9.17, 15) is 9.59 Å². The van der Waals surface area contributed by atoms with Crippen LogP contribution in [0.1, 0.15) is 27.4 Å². The van der Waals surface area contributed by atoms with Gasteiger partial charge < -0.3 is 14.8 Å². The first-order valence-corrected chi connectivity index (χ1v) is 12.6. The van der Waals surface area contributed by atoms with Crippen molar-refractivity contribution in [3.05, 3.63) is 102 Å². The van der Waals surface area contributed by atoms with E-state index in [1.54, 1.807) is 12.0 Å². The summed E-state index contributed by atoms with van der Waals surface area (Å²) in [6.07, 6.45) is -0.452. The number of benzene rings is 4. The van der Waals surface area contributed by atoms with Gasteiger partial charge in [0.05, 0.1) is 7.11 Å². The highest BCUT2D eigenvalue weighted by Crippen LogP contribution is 2.44. The minimum absolute atomic E-state index is 0.0223. The molecule has 1 fully saturated rings. The van der Waals surface area contributed by atoms with E-state index < -0.39 is 12.1 Å². The molecular weight excluding hydrogens is 464 g/mol. The van der Waals surface area contributed by atoms with Gasteiger partial charge >= 0.3 is 6.09 Å². The molecule has 1 aliphatic heterocycles. The molecule has 6 heteroatoms. The van der Waals surface area contributed by atoms with Gasteiger partial charge in [-0.2, -0.15) is 0 Å². The zero-order chi connectivity index (χ0) is 25.4. The highest BCUT2D eigenvalue weighted by atomic mass is 16.6. The van der Waals surface area contributed by atoms with Crippen molar-refractivity contribution in [3.8, 4) is 16.9 Å². The number of Topliss-reactive ketones (excluding diaryl/α,β-unsaturated/α-hetero) is 1. The van der Waals surface area contributed by atoms with Gasteiger partial charge in [0.25, 0.3) is 0 Å². The van der Waals surface area contributed by atoms with Crippen molar-refractivity contribution in [2.75, 3.05) is 33.4 Å². The normalized spacial score (nSPS) is 16.8. The number of amides is 1. The van der Waals surface area contributed by atoms with Crippen LogP contribution in [0.25, 0.3) is 21.9 Å². The first kappa shape index (κ1) is 23.3. The van der Waals surface area contributed by atoms with Gasteiger partial charge in [0, 0.05) is 31.1 Å². The van der Waals surface area contributed by atoms with Crippen LogP contribution in [-0.4, -0.2) is 56.2 Å². The number of methoxy groups -OCH3 is 1. The Morgan fingerprint density at radius 1 is 0.892 bits per heavy atom. The second-order valence-electron chi connectivity index (χ2n) is 9.51. The number of nitrogens with zero attached hydrogens (tertiary/aromatic N) is 1. The Hall–Kier alpha value is -4.16. The predicted molar refractivity (Wildman–Crippen MR) is 143 cm³/mol. The third-order valence-corrected chi connectivity index (χ3v) is 7.45. The lowest BCUT2D eigenvalue weighted by Gasteiger charge is -2.34. The van der Waals surface area contributed by atoms with Crippen LogP contribution in [0.15, 0.2) is 84.9 Å². The van der Waals surface area contributed by atoms with Gasteiger partial charge in [-0.1, -0.05) is 66.7 Å². The average Bonchev–Trinajstić information content (AvgIpc) is 3.28. The Bertz CT molecular complexity index is 1450. The van der Waals surface area contributed by atoms with Gasteiger partial charge in [-0.25, -0.2) is 4.79 Å². The van der Waals surface area contributed by atoms with Crippen LogP contribution in [0.4, 0.5) is 4.79 Å². The highest BCUT2D eigenvalue weighted by molar-refractivity contribution is 6.04. The molecule has 37 heavy (non-hydrogen) atoms. The fraction of sp³-hybridized carbons (Fsp3) is 0.226. The van der Waals surface area contributed by atoms with E-state index in [-0.39, 0.29) is 18.3 Å². The molecule has 1 amide bonds. The highest BCUT2D eigenvalue weighted by Gasteiger charge is 2.35. The zero-order valence-corrected chi connectivity index (χ0v) is 20.6. The molecule has 4 aromatic carbocycles. The van der Waals surface area contributed by atoms with Gasteiger partial charge in [0.1, 0.15) is 18.4 Å². The molecule has 0 spiro atoms. The Morgan fingerprint density at radius 3 is 2.30 bits per heavy atom. The summed E-state index contributed by atoms with van der Waals surface area (Å²) < 4.78 is 11.2. The number of rotatable bonds is 5. The molecule has 1 atom stereocenters. The van der Waals surface area contributed by atoms with E-state index in [4.69, 9.17) is 9.47 Å². The SMILES string of the molecule is COc1ccc2cc(C(=O)C3CNCCN3C(=O)OCC3c4ccccc4-c4ccccc43)ccc2c1. The molecule has 0 aromatic heterocycles. The lowest BCUT2D eigenvalue weighted by molar-refractivity contribution is 0.0613. The molecule has 1 unspecified atom stereocenters. The van der Waals surface area contributed by atoms with Crippen LogP contribution in [-0.2, 0) is 4.74 Å². The van der Waals surface area contributed by atoms with Gasteiger partial charge in [-0.15, -0.1) is 0 Å². The molecule has 6 rings (SSSR count). The molecule has 0 saturated carbocycles. The molecule has 0 radical (unpaired) electrons. The third kappa shape index (κ3) is 4.23. The Balaban J connectivity index is 1.20. The number of hydrogen-bond acceptors (Lipinski definition) is 5. The van der Waals surface area contributed by atoms with Crippen LogP contribution >= 0.6 is 0 Å². The largest absolute Gasteiger partial charge is 0.497 e. The van der Waals surface area contributed by atoms with Gasteiger partial charge in [-0.05, 0) is 51.2 Å². The Labute approximate surface area is 215 Å². The zero-order valence-electron chi connectivity index (χ0n) is 20.6. The summed E-state index contributed by atoms with van der Waals surface area (Å²) in [5.74, 6) is 0.647. The lowest BCUT2D eigenvalue weighted by Crippen LogP contribution is -2.57. The Kier molecular flexibility index (Phi) is 6.10. The summed E-state index contributed by atoms with van der Waals surface area (Å²) in [4.78, 5) is 28.4. The molecular formula is C31H28N2O4. The van der Waals surface area contributed by atoms with E-state index in [1.165, 1.54) is 11.1 Å². The monoisotopic (exact) mass is 492 g/mol. The van der Waals surface area contributed by atoms with Crippen molar-refractivity contribution >= 4 is 22.6 Å². The summed E-state index contributed by atoms with van der Waals surface area (Å²) in [6, 6.07) is 27.3. The maximum absolute atomic E-state index is 13.6. The molecule has 1 heterocycles. The van der Waals surface area contributed by atoms with Crippen LogP contribution in [0.3, 0.4) is 0 Å². The predicted octanol–water partition coefficient (Wildman–Crippen LogP) is 5.25. The molecule has 4 aromatic rings. The molecule has 1 saturated heterocycles. The molecule has 186 valence electrons. The van der Waals surface area contributed by atoms with Crippen molar-refractivity contribution in [2.45, 2.75) is 12.0 Å². The molecule has 1 aliphatic carbocycles. The van der Waals surface area contributed by atoms with E-state index in [1.807, 2.05) is 60.7 Å². The van der Waals surface area contributed by atoms with Gasteiger partial charge in [0.2, 0.25) is 0 Å². The summed E-state index contributed by atoms with van der Waals surface area (Å²) in [7, 11) is 1.63. The maximum Gasteiger partial charge on any atom is 0.410 e. The standard InChI is InChI=1S/C31H28N2O4/c1-36-23-13-12-20-16-22(11-10-21(20)17-23)30(34)29-18-32-14-15-33(29)31(35)37-19-28-26-8-4-2-6-24(26)25-7-3-5-9-27(25)28/h2-13,16-17,28-29,32H,14-15,18-19H2,1H3. The first-order valence-electron chi connectivity index (χ1n) is 12.6. The molecule has 6 nitrogen and oxygen atoms in total. The van der Waals surface area contributed by atoms with Crippen molar-refractivity contribution in [3.63, 3.8) is 0 Å². The fourth-order valence-electron chi connectivity index (χ4n) is 5.53. The van der Waals surface area contributed by atoms with Crippen LogP contribution < -0.4 is 10.1 Å². The maximum atomic E-state index is 13.6. The summed E-state index contributed by atoms with van der Waals surface area (Å²) in [5.41, 5.74) is 5.27. The Morgan fingerprint density at radius 2 is 1.57 bits per heavy atom. The quantitative estimate of drug-likeness (QED) is 0.385. The van der Waals surface area contributed by atoms with Crippen molar-refractivity contribution in [1.29, 1.82) is 0 Å². The van der Waals surface area contributed by atoms with Crippen molar-refractivity contribution in [1.82, 2.24) is 10.2 Å². The summed E-state index contributed by atoms with van der Waals surface area (Å²) in [6.45, 7) is 1.66. The number of fused-ring (bicyclic) bond motifs is 4. The van der Waals surface area contributed by atoms with Crippen molar-refractivity contribution < 1.29 is 19.1 Å². The van der Waals surface area contributed by atoms with Gasteiger partial charge in [0.15, 0.2) is 5.78 Å². The van der Waals surface area contributed by atoms with Crippen LogP contribution in [0.5, 0.6) is 5.75 Å². The number of piperazine rings is 1. The smallest absolute Gasteiger partial charge is 0.410 e. The minimum Gasteiger partial charge on any atom is -0.497 e. The summed E-state index contributed by atoms with van der Waals surface area (Å²) in [5, 5.41) is 5.20. The fourth-order valence-corrected chi connectivity index (χ4v) is 5.53. The topological polar surface area (TPSA) is 67.9 Å². The van der Waals surface area contributed by atoms with Crippen molar-refractivity contribution in [2.24, 2.45) is 0 Å². The number of ether oxygens (including phenoxy) is 2. The van der Waals surface area contributed by atoms with Crippen LogP contribution in [0, 0.1) is 0 Å². The molecule has 0 bridgehead atoms. The second kappa shape index (κ2) is 9.71. The number of nitrogens with one attached hydrogen (secondary N) is 1. The van der Waals surface area contributed by atoms with Gasteiger partial charge in [-0.3, -0.25) is 9.69 Å².